The van der Waals surface area contributed by atoms with E-state index in [0.29, 0.717) is 5.02 Å². The number of carboxylic acid groups (broad SMARTS) is 1. The second-order valence-electron chi connectivity index (χ2n) is 3.03. The van der Waals surface area contributed by atoms with Crippen molar-refractivity contribution in [3.63, 3.8) is 0 Å². The van der Waals surface area contributed by atoms with Gasteiger partial charge in [-0.1, -0.05) is 18.5 Å². The zero-order valence-electron chi connectivity index (χ0n) is 7.50. The summed E-state index contributed by atoms with van der Waals surface area (Å²) in [6.45, 7) is 1.62. The van der Waals surface area contributed by atoms with E-state index in [1.54, 1.807) is 6.92 Å². The minimum atomic E-state index is -0.975. The van der Waals surface area contributed by atoms with Crippen molar-refractivity contribution < 1.29 is 14.3 Å². The first-order chi connectivity index (χ1) is 6.50. The van der Waals surface area contributed by atoms with Crippen LogP contribution in [-0.2, 0) is 4.79 Å². The molecule has 0 amide bonds. The fraction of sp³-hybridized carbons (Fsp3) is 0.333. The van der Waals surface area contributed by atoms with Crippen LogP contribution in [0.1, 0.15) is 24.8 Å². The van der Waals surface area contributed by atoms with E-state index in [4.69, 9.17) is 16.7 Å². The number of halogens is 2. The Morgan fingerprint density at radius 3 is 3.00 bits per heavy atom. The van der Waals surface area contributed by atoms with Crippen molar-refractivity contribution in [2.45, 2.75) is 19.3 Å². The molecular weight excluding hydrogens is 209 g/mol. The van der Waals surface area contributed by atoms with Gasteiger partial charge in [-0.05, 0) is 12.0 Å². The van der Waals surface area contributed by atoms with E-state index in [1.807, 2.05) is 0 Å². The second-order valence-corrected chi connectivity index (χ2v) is 3.47. The Hall–Kier alpha value is -1.16. The highest BCUT2D eigenvalue weighted by Gasteiger charge is 2.15. The Morgan fingerprint density at radius 2 is 2.43 bits per heavy atom. The Bertz CT molecular complexity index is 357. The fourth-order valence-corrected chi connectivity index (χ4v) is 1.32. The minimum Gasteiger partial charge on any atom is -0.481 e. The monoisotopic (exact) mass is 217 g/mol. The summed E-state index contributed by atoms with van der Waals surface area (Å²) in [5.41, 5.74) is 0.236. The first-order valence-corrected chi connectivity index (χ1v) is 4.41. The summed E-state index contributed by atoms with van der Waals surface area (Å²) in [7, 11) is 0. The number of nitrogens with zero attached hydrogens (tertiary/aromatic N) is 1. The van der Waals surface area contributed by atoms with Gasteiger partial charge in [0.25, 0.3) is 0 Å². The molecule has 1 heterocycles. The van der Waals surface area contributed by atoms with E-state index in [1.165, 1.54) is 12.3 Å². The van der Waals surface area contributed by atoms with Gasteiger partial charge in [-0.3, -0.25) is 4.79 Å². The number of rotatable bonds is 3. The van der Waals surface area contributed by atoms with Crippen LogP contribution in [0.5, 0.6) is 0 Å². The molecule has 0 fully saturated rings. The summed E-state index contributed by atoms with van der Waals surface area (Å²) in [5.74, 6) is -2.07. The van der Waals surface area contributed by atoms with Crippen LogP contribution in [-0.4, -0.2) is 16.1 Å². The van der Waals surface area contributed by atoms with Gasteiger partial charge in [0.05, 0.1) is 11.4 Å². The van der Waals surface area contributed by atoms with Crippen molar-refractivity contribution in [1.82, 2.24) is 4.98 Å². The normalized spacial score (nSPS) is 12.5. The molecule has 0 aromatic carbocycles. The number of carbonyl (C=O) groups is 1. The van der Waals surface area contributed by atoms with Gasteiger partial charge in [0.1, 0.15) is 0 Å². The summed E-state index contributed by atoms with van der Waals surface area (Å²) in [5, 5.41) is 8.83. The standard InChI is InChI=1S/C9H9ClFNO2/c1-5(2-8(13)14)7-3-6(10)4-12-9(7)11/h3-5H,2H2,1H3,(H,13,14). The number of aromatic nitrogens is 1. The molecule has 1 aromatic heterocycles. The molecule has 1 rings (SSSR count). The van der Waals surface area contributed by atoms with Gasteiger partial charge in [-0.2, -0.15) is 4.39 Å². The van der Waals surface area contributed by atoms with Crippen LogP contribution in [0, 0.1) is 5.95 Å². The zero-order valence-corrected chi connectivity index (χ0v) is 8.25. The summed E-state index contributed by atoms with van der Waals surface area (Å²) in [6, 6.07) is 1.40. The molecule has 1 unspecified atom stereocenters. The van der Waals surface area contributed by atoms with Crippen LogP contribution in [0.2, 0.25) is 5.02 Å². The lowest BCUT2D eigenvalue weighted by atomic mass is 9.99. The maximum absolute atomic E-state index is 13.1. The van der Waals surface area contributed by atoms with Gasteiger partial charge in [0.15, 0.2) is 0 Å². The van der Waals surface area contributed by atoms with Gasteiger partial charge in [-0.15, -0.1) is 0 Å². The van der Waals surface area contributed by atoms with Crippen LogP contribution in [0.3, 0.4) is 0 Å². The molecule has 0 aliphatic heterocycles. The van der Waals surface area contributed by atoms with Crippen molar-refractivity contribution in [3.8, 4) is 0 Å². The largest absolute Gasteiger partial charge is 0.481 e. The topological polar surface area (TPSA) is 50.2 Å². The van der Waals surface area contributed by atoms with E-state index in [2.05, 4.69) is 4.98 Å². The maximum atomic E-state index is 13.1. The molecule has 5 heteroatoms. The SMILES string of the molecule is CC(CC(=O)O)c1cc(Cl)cnc1F. The molecule has 3 nitrogen and oxygen atoms in total. The van der Waals surface area contributed by atoms with Gasteiger partial charge >= 0.3 is 5.97 Å². The van der Waals surface area contributed by atoms with E-state index < -0.39 is 17.8 Å². The fourth-order valence-electron chi connectivity index (χ4n) is 1.16. The van der Waals surface area contributed by atoms with Gasteiger partial charge in [0.2, 0.25) is 5.95 Å². The molecule has 0 aliphatic rings. The highest BCUT2D eigenvalue weighted by molar-refractivity contribution is 6.30. The highest BCUT2D eigenvalue weighted by atomic mass is 35.5. The third kappa shape index (κ3) is 2.67. The Labute approximate surface area is 85.5 Å². The lowest BCUT2D eigenvalue weighted by molar-refractivity contribution is -0.137. The van der Waals surface area contributed by atoms with Gasteiger partial charge in [0, 0.05) is 11.8 Å². The predicted octanol–water partition coefficient (Wildman–Crippen LogP) is 2.45. The lowest BCUT2D eigenvalue weighted by Crippen LogP contribution is -2.05. The number of aliphatic carboxylic acids is 1. The average molecular weight is 218 g/mol. The minimum absolute atomic E-state index is 0.140. The average Bonchev–Trinajstić information content (AvgIpc) is 2.08. The first-order valence-electron chi connectivity index (χ1n) is 4.03. The van der Waals surface area contributed by atoms with E-state index in [9.17, 15) is 9.18 Å². The molecule has 1 aromatic rings. The summed E-state index contributed by atoms with van der Waals surface area (Å²) < 4.78 is 13.1. The van der Waals surface area contributed by atoms with Crippen molar-refractivity contribution in [2.75, 3.05) is 0 Å². The number of pyridine rings is 1. The van der Waals surface area contributed by atoms with Crippen molar-refractivity contribution in [2.24, 2.45) is 0 Å². The molecule has 0 saturated carbocycles. The molecule has 76 valence electrons. The Kier molecular flexibility index (Phi) is 3.41. The molecule has 0 bridgehead atoms. The van der Waals surface area contributed by atoms with Crippen LogP contribution in [0.4, 0.5) is 4.39 Å². The number of hydrogen-bond donors (Lipinski definition) is 1. The molecule has 14 heavy (non-hydrogen) atoms. The van der Waals surface area contributed by atoms with Crippen molar-refractivity contribution in [3.05, 3.63) is 28.8 Å². The summed E-state index contributed by atoms with van der Waals surface area (Å²) >= 11 is 5.62. The van der Waals surface area contributed by atoms with Gasteiger partial charge in [-0.25, -0.2) is 4.98 Å². The smallest absolute Gasteiger partial charge is 0.303 e. The lowest BCUT2D eigenvalue weighted by Gasteiger charge is -2.09. The molecule has 1 N–H and O–H groups in total. The molecule has 0 spiro atoms. The summed E-state index contributed by atoms with van der Waals surface area (Å²) in [6.07, 6.45) is 1.05. The molecular formula is C9H9ClFNO2. The Balaban J connectivity index is 2.93. The van der Waals surface area contributed by atoms with Crippen molar-refractivity contribution in [1.29, 1.82) is 0 Å². The van der Waals surface area contributed by atoms with E-state index in [-0.39, 0.29) is 12.0 Å². The predicted molar refractivity (Wildman–Crippen MR) is 49.9 cm³/mol. The molecule has 0 saturated heterocycles. The zero-order chi connectivity index (χ0) is 10.7. The summed E-state index contributed by atoms with van der Waals surface area (Å²) in [4.78, 5) is 13.8. The third-order valence-electron chi connectivity index (χ3n) is 1.84. The highest BCUT2D eigenvalue weighted by Crippen LogP contribution is 2.23. The molecule has 0 radical (unpaired) electrons. The second kappa shape index (κ2) is 4.37. The van der Waals surface area contributed by atoms with Gasteiger partial charge < -0.3 is 5.11 Å². The number of carboxylic acids is 1. The van der Waals surface area contributed by atoms with Crippen LogP contribution < -0.4 is 0 Å². The first kappa shape index (κ1) is 10.9. The van der Waals surface area contributed by atoms with Crippen molar-refractivity contribution >= 4 is 17.6 Å². The van der Waals surface area contributed by atoms with Crippen LogP contribution in [0.25, 0.3) is 0 Å². The van der Waals surface area contributed by atoms with E-state index in [0.717, 1.165) is 0 Å². The number of hydrogen-bond acceptors (Lipinski definition) is 2. The maximum Gasteiger partial charge on any atom is 0.303 e. The Morgan fingerprint density at radius 1 is 1.79 bits per heavy atom. The van der Waals surface area contributed by atoms with E-state index >= 15 is 0 Å². The molecule has 1 atom stereocenters. The third-order valence-corrected chi connectivity index (χ3v) is 2.05. The van der Waals surface area contributed by atoms with Crippen LogP contribution >= 0.6 is 11.6 Å². The molecule has 0 aliphatic carbocycles. The van der Waals surface area contributed by atoms with Crippen LogP contribution in [0.15, 0.2) is 12.3 Å². The quantitative estimate of drug-likeness (QED) is 0.792.